The van der Waals surface area contributed by atoms with Crippen molar-refractivity contribution >= 4 is 8.58 Å². The smallest absolute Gasteiger partial charge is 0.0133 e. The van der Waals surface area contributed by atoms with E-state index in [0.29, 0.717) is 5.92 Å². The number of unbranched alkanes of at least 4 members (excludes halogenated alkanes) is 2. The van der Waals surface area contributed by atoms with Crippen LogP contribution in [0.25, 0.3) is 0 Å². The van der Waals surface area contributed by atoms with E-state index in [-0.39, 0.29) is 0 Å². The summed E-state index contributed by atoms with van der Waals surface area (Å²) in [6.07, 6.45) is 19.7. The Hall–Kier alpha value is -0.350. The van der Waals surface area contributed by atoms with Gasteiger partial charge in [0.2, 0.25) is 0 Å². The third-order valence-corrected chi connectivity index (χ3v) is 8.09. The van der Waals surface area contributed by atoms with Crippen molar-refractivity contribution in [1.29, 1.82) is 0 Å². The molecule has 1 aliphatic carbocycles. The van der Waals surface area contributed by atoms with Crippen molar-refractivity contribution in [2.75, 3.05) is 0 Å². The maximum absolute atomic E-state index is 2.58. The summed E-state index contributed by atoms with van der Waals surface area (Å²) in [5, 5.41) is 0. The molecule has 6 atom stereocenters. The number of rotatable bonds is 12. The van der Waals surface area contributed by atoms with E-state index in [4.69, 9.17) is 0 Å². The quantitative estimate of drug-likeness (QED) is 0.139. The first kappa shape index (κ1) is 23.7. The standard InChI is InChI=1S/C25H45P/c1-8-11-13-14-15-16-20(6)22(10-3)23(17-12-9-2)24-18-21(7)25(24)26-19(4)5/h12,14-17,19,21-26H,8-11,13,18H2,1-7H3/b15-14-,17-12-,20-16+. The molecule has 0 aliphatic heterocycles. The van der Waals surface area contributed by atoms with Crippen molar-refractivity contribution in [1.82, 2.24) is 0 Å². The summed E-state index contributed by atoms with van der Waals surface area (Å²) in [6, 6.07) is 0. The predicted molar refractivity (Wildman–Crippen MR) is 124 cm³/mol. The fourth-order valence-corrected chi connectivity index (χ4v) is 6.39. The molecule has 1 fully saturated rings. The van der Waals surface area contributed by atoms with Crippen LogP contribution in [0, 0.1) is 23.7 Å². The lowest BCUT2D eigenvalue weighted by Crippen LogP contribution is -2.44. The van der Waals surface area contributed by atoms with Crippen LogP contribution < -0.4 is 0 Å². The van der Waals surface area contributed by atoms with E-state index in [1.165, 1.54) is 32.1 Å². The lowest BCUT2D eigenvalue weighted by atomic mass is 9.63. The van der Waals surface area contributed by atoms with Crippen molar-refractivity contribution in [2.24, 2.45) is 23.7 Å². The summed E-state index contributed by atoms with van der Waals surface area (Å²) in [5.41, 5.74) is 3.37. The average molecular weight is 377 g/mol. The highest BCUT2D eigenvalue weighted by atomic mass is 31.1. The van der Waals surface area contributed by atoms with Gasteiger partial charge >= 0.3 is 0 Å². The average Bonchev–Trinajstić information content (AvgIpc) is 2.61. The zero-order valence-corrected chi connectivity index (χ0v) is 19.6. The molecule has 6 unspecified atom stereocenters. The maximum atomic E-state index is 2.58. The molecule has 0 spiro atoms. The van der Waals surface area contributed by atoms with Crippen LogP contribution in [0.4, 0.5) is 0 Å². The molecule has 0 aromatic carbocycles. The SMILES string of the molecule is CC/C=C\C(C(CC)/C(C)=C/C=C\CCCC)C1CC(C)C1PC(C)C. The Labute approximate surface area is 166 Å². The molecule has 1 saturated carbocycles. The van der Waals surface area contributed by atoms with Crippen molar-refractivity contribution in [3.63, 3.8) is 0 Å². The van der Waals surface area contributed by atoms with Gasteiger partial charge in [0.15, 0.2) is 0 Å². The lowest BCUT2D eigenvalue weighted by Gasteiger charge is -2.49. The monoisotopic (exact) mass is 376 g/mol. The molecule has 0 heterocycles. The highest BCUT2D eigenvalue weighted by Crippen LogP contribution is 2.53. The van der Waals surface area contributed by atoms with Crippen LogP contribution in [0.3, 0.4) is 0 Å². The fraction of sp³-hybridized carbons (Fsp3) is 0.760. The highest BCUT2D eigenvalue weighted by Gasteiger charge is 2.43. The van der Waals surface area contributed by atoms with Gasteiger partial charge in [-0.1, -0.05) is 90.3 Å². The Morgan fingerprint density at radius 1 is 1.15 bits per heavy atom. The first-order chi connectivity index (χ1) is 12.5. The van der Waals surface area contributed by atoms with Gasteiger partial charge in [0.25, 0.3) is 0 Å². The molecule has 1 rings (SSSR count). The normalized spacial score (nSPS) is 27.1. The second-order valence-corrected chi connectivity index (χ2v) is 10.8. The lowest BCUT2D eigenvalue weighted by molar-refractivity contribution is 0.142. The Kier molecular flexibility index (Phi) is 11.8. The fourth-order valence-electron chi connectivity index (χ4n) is 4.55. The van der Waals surface area contributed by atoms with Gasteiger partial charge in [-0.2, -0.15) is 0 Å². The van der Waals surface area contributed by atoms with Crippen molar-refractivity contribution in [2.45, 2.75) is 98.3 Å². The van der Waals surface area contributed by atoms with Gasteiger partial charge in [0.05, 0.1) is 0 Å². The van der Waals surface area contributed by atoms with E-state index in [2.05, 4.69) is 78.8 Å². The topological polar surface area (TPSA) is 0 Å². The Morgan fingerprint density at radius 2 is 1.88 bits per heavy atom. The van der Waals surface area contributed by atoms with E-state index in [0.717, 1.165) is 44.1 Å². The first-order valence-electron chi connectivity index (χ1n) is 11.2. The third-order valence-electron chi connectivity index (χ3n) is 6.04. The van der Waals surface area contributed by atoms with Gasteiger partial charge in [-0.15, -0.1) is 8.58 Å². The molecule has 0 amide bonds. The van der Waals surface area contributed by atoms with E-state index in [9.17, 15) is 0 Å². The molecule has 26 heavy (non-hydrogen) atoms. The van der Waals surface area contributed by atoms with Gasteiger partial charge in [0.1, 0.15) is 0 Å². The molecule has 0 saturated heterocycles. The summed E-state index contributed by atoms with van der Waals surface area (Å²) in [6.45, 7) is 16.6. The van der Waals surface area contributed by atoms with Crippen LogP contribution in [0.5, 0.6) is 0 Å². The molecule has 150 valence electrons. The van der Waals surface area contributed by atoms with Crippen molar-refractivity contribution in [3.05, 3.63) is 36.0 Å². The molecule has 1 heteroatoms. The van der Waals surface area contributed by atoms with E-state index in [1.807, 2.05) is 0 Å². The van der Waals surface area contributed by atoms with Crippen LogP contribution in [-0.4, -0.2) is 11.3 Å². The molecule has 0 aromatic heterocycles. The molecular formula is C25H45P. The third kappa shape index (κ3) is 7.34. The van der Waals surface area contributed by atoms with Gasteiger partial charge in [-0.3, -0.25) is 0 Å². The second kappa shape index (κ2) is 12.9. The number of hydrogen-bond acceptors (Lipinski definition) is 0. The van der Waals surface area contributed by atoms with Gasteiger partial charge in [-0.25, -0.2) is 0 Å². The molecule has 1 aliphatic rings. The molecule has 0 bridgehead atoms. The summed E-state index contributed by atoms with van der Waals surface area (Å²) < 4.78 is 0. The van der Waals surface area contributed by atoms with Crippen molar-refractivity contribution in [3.8, 4) is 0 Å². The van der Waals surface area contributed by atoms with E-state index in [1.54, 1.807) is 5.57 Å². The number of hydrogen-bond donors (Lipinski definition) is 0. The van der Waals surface area contributed by atoms with Crippen LogP contribution in [0.15, 0.2) is 36.0 Å². The molecule has 0 N–H and O–H groups in total. The highest BCUT2D eigenvalue weighted by molar-refractivity contribution is 7.39. The minimum atomic E-state index is 0.700. The minimum absolute atomic E-state index is 0.700. The summed E-state index contributed by atoms with van der Waals surface area (Å²) in [7, 11) is 1.13. The summed E-state index contributed by atoms with van der Waals surface area (Å²) >= 11 is 0. The molecule has 0 radical (unpaired) electrons. The van der Waals surface area contributed by atoms with Crippen molar-refractivity contribution < 1.29 is 0 Å². The van der Waals surface area contributed by atoms with Gasteiger partial charge in [0, 0.05) is 0 Å². The largest absolute Gasteiger partial charge is 0.116 e. The summed E-state index contributed by atoms with van der Waals surface area (Å²) in [5.74, 6) is 3.25. The minimum Gasteiger partial charge on any atom is -0.116 e. The van der Waals surface area contributed by atoms with Gasteiger partial charge < -0.3 is 0 Å². The summed E-state index contributed by atoms with van der Waals surface area (Å²) in [4.78, 5) is 0. The van der Waals surface area contributed by atoms with E-state index < -0.39 is 0 Å². The predicted octanol–water partition coefficient (Wildman–Crippen LogP) is 8.40. The molecule has 0 aromatic rings. The zero-order chi connectivity index (χ0) is 19.5. The molecular weight excluding hydrogens is 331 g/mol. The Bertz CT molecular complexity index is 457. The van der Waals surface area contributed by atoms with Crippen LogP contribution in [-0.2, 0) is 0 Å². The first-order valence-corrected chi connectivity index (χ1v) is 12.4. The molecule has 0 nitrogen and oxygen atoms in total. The Balaban J connectivity index is 2.92. The van der Waals surface area contributed by atoms with Crippen LogP contribution in [0.1, 0.15) is 87.0 Å². The van der Waals surface area contributed by atoms with Crippen LogP contribution in [0.2, 0.25) is 0 Å². The van der Waals surface area contributed by atoms with Gasteiger partial charge in [-0.05, 0) is 67.6 Å². The number of allylic oxidation sites excluding steroid dienone is 6. The van der Waals surface area contributed by atoms with Crippen LogP contribution >= 0.6 is 8.58 Å². The Morgan fingerprint density at radius 3 is 2.42 bits per heavy atom. The second-order valence-electron chi connectivity index (χ2n) is 8.63. The van der Waals surface area contributed by atoms with E-state index >= 15 is 0 Å². The zero-order valence-electron chi connectivity index (χ0n) is 18.6. The maximum Gasteiger partial charge on any atom is -0.0133 e.